The average Bonchev–Trinajstić information content (AvgIpc) is 2.46. The highest BCUT2D eigenvalue weighted by molar-refractivity contribution is 6.33. The molecule has 0 heterocycles. The van der Waals surface area contributed by atoms with Crippen molar-refractivity contribution in [1.82, 2.24) is 5.32 Å². The van der Waals surface area contributed by atoms with Crippen molar-refractivity contribution in [3.05, 3.63) is 33.8 Å². The number of rotatable bonds is 8. The third-order valence-electron chi connectivity index (χ3n) is 3.98. The summed E-state index contributed by atoms with van der Waals surface area (Å²) in [6.45, 7) is 7.40. The van der Waals surface area contributed by atoms with E-state index in [0.29, 0.717) is 5.02 Å². The molecule has 1 aromatic carbocycles. The number of benzene rings is 1. The maximum atomic E-state index is 6.28. The Balaban J connectivity index is 2.96. The molecule has 0 saturated heterocycles. The molecule has 0 saturated carbocycles. The molecule has 0 aliphatic carbocycles. The zero-order chi connectivity index (χ0) is 15.2. The van der Waals surface area contributed by atoms with E-state index in [1.807, 2.05) is 18.2 Å². The van der Waals surface area contributed by atoms with Crippen LogP contribution in [0.4, 0.5) is 0 Å². The lowest BCUT2D eigenvalue weighted by Gasteiger charge is -2.37. The van der Waals surface area contributed by atoms with Crippen LogP contribution in [-0.4, -0.2) is 25.3 Å². The van der Waals surface area contributed by atoms with E-state index in [2.05, 4.69) is 26.1 Å². The summed E-state index contributed by atoms with van der Waals surface area (Å²) in [5.74, 6) is 0. The summed E-state index contributed by atoms with van der Waals surface area (Å²) in [5.41, 5.74) is 0.838. The van der Waals surface area contributed by atoms with Gasteiger partial charge in [-0.3, -0.25) is 0 Å². The Hall–Kier alpha value is -0.280. The monoisotopic (exact) mass is 317 g/mol. The molecule has 0 aliphatic heterocycles. The first kappa shape index (κ1) is 17.8. The number of nitrogens with one attached hydrogen (secondary N) is 1. The minimum absolute atomic E-state index is 0.202. The van der Waals surface area contributed by atoms with Crippen LogP contribution in [0.5, 0.6) is 0 Å². The Labute approximate surface area is 132 Å². The molecule has 0 spiro atoms. The molecule has 20 heavy (non-hydrogen) atoms. The van der Waals surface area contributed by atoms with E-state index in [0.717, 1.165) is 36.4 Å². The summed E-state index contributed by atoms with van der Waals surface area (Å²) in [6, 6.07) is 5.81. The summed E-state index contributed by atoms with van der Waals surface area (Å²) in [6.07, 6.45) is 2.82. The lowest BCUT2D eigenvalue weighted by molar-refractivity contribution is -0.0287. The van der Waals surface area contributed by atoms with Crippen molar-refractivity contribution in [2.75, 3.05) is 13.7 Å². The quantitative estimate of drug-likeness (QED) is 0.749. The van der Waals surface area contributed by atoms with Gasteiger partial charge in [0.25, 0.3) is 0 Å². The van der Waals surface area contributed by atoms with Gasteiger partial charge in [-0.2, -0.15) is 0 Å². The fourth-order valence-corrected chi connectivity index (χ4v) is 2.66. The van der Waals surface area contributed by atoms with E-state index in [-0.39, 0.29) is 11.6 Å². The number of halogens is 2. The Morgan fingerprint density at radius 2 is 2.00 bits per heavy atom. The molecule has 114 valence electrons. The lowest BCUT2D eigenvalue weighted by Crippen LogP contribution is -2.51. The molecule has 1 aromatic rings. The lowest BCUT2D eigenvalue weighted by atomic mass is 9.88. The van der Waals surface area contributed by atoms with Crippen LogP contribution in [0.1, 0.15) is 39.2 Å². The van der Waals surface area contributed by atoms with Gasteiger partial charge in [0.15, 0.2) is 0 Å². The molecule has 0 bridgehead atoms. The van der Waals surface area contributed by atoms with Crippen LogP contribution in [0.3, 0.4) is 0 Å². The second kappa shape index (κ2) is 8.23. The van der Waals surface area contributed by atoms with Crippen LogP contribution in [0.15, 0.2) is 18.2 Å². The second-order valence-electron chi connectivity index (χ2n) is 5.32. The van der Waals surface area contributed by atoms with E-state index in [1.165, 1.54) is 0 Å². The number of ether oxygens (including phenoxy) is 1. The molecule has 0 fully saturated rings. The van der Waals surface area contributed by atoms with Gasteiger partial charge in [0.2, 0.25) is 0 Å². The molecule has 2 atom stereocenters. The van der Waals surface area contributed by atoms with Crippen LogP contribution in [0.25, 0.3) is 0 Å². The third kappa shape index (κ3) is 4.63. The van der Waals surface area contributed by atoms with E-state index in [4.69, 9.17) is 27.9 Å². The van der Waals surface area contributed by atoms with E-state index in [1.54, 1.807) is 7.11 Å². The van der Waals surface area contributed by atoms with E-state index in [9.17, 15) is 0 Å². The normalized spacial score (nSPS) is 15.9. The van der Waals surface area contributed by atoms with Crippen molar-refractivity contribution in [1.29, 1.82) is 0 Å². The van der Waals surface area contributed by atoms with Crippen LogP contribution < -0.4 is 5.32 Å². The minimum Gasteiger partial charge on any atom is -0.377 e. The molecule has 0 aliphatic rings. The van der Waals surface area contributed by atoms with Crippen molar-refractivity contribution >= 4 is 23.2 Å². The first-order valence-electron chi connectivity index (χ1n) is 7.19. The Morgan fingerprint density at radius 3 is 2.55 bits per heavy atom. The van der Waals surface area contributed by atoms with Crippen molar-refractivity contribution in [2.24, 2.45) is 0 Å². The number of hydrogen-bond acceptors (Lipinski definition) is 2. The standard InChI is InChI=1S/C16H25Cl2NO/c1-5-9-19-15(16(3,6-2)20-4)11-12-10-13(17)7-8-14(12)18/h7-8,10,15,19H,5-6,9,11H2,1-4H3. The summed E-state index contributed by atoms with van der Waals surface area (Å²) in [4.78, 5) is 0. The fourth-order valence-electron chi connectivity index (χ4n) is 2.28. The highest BCUT2D eigenvalue weighted by atomic mass is 35.5. The zero-order valence-electron chi connectivity index (χ0n) is 12.8. The number of hydrogen-bond donors (Lipinski definition) is 1. The summed E-state index contributed by atoms with van der Waals surface area (Å²) >= 11 is 12.4. The molecule has 1 N–H and O–H groups in total. The Bertz CT molecular complexity index is 419. The topological polar surface area (TPSA) is 21.3 Å². The maximum Gasteiger partial charge on any atom is 0.0803 e. The highest BCUT2D eigenvalue weighted by Gasteiger charge is 2.32. The molecular formula is C16H25Cl2NO. The molecule has 4 heteroatoms. The molecule has 0 radical (unpaired) electrons. The average molecular weight is 318 g/mol. The van der Waals surface area contributed by atoms with Crippen molar-refractivity contribution < 1.29 is 4.74 Å². The van der Waals surface area contributed by atoms with Gasteiger partial charge >= 0.3 is 0 Å². The molecule has 2 nitrogen and oxygen atoms in total. The molecular weight excluding hydrogens is 293 g/mol. The van der Waals surface area contributed by atoms with Crippen LogP contribution in [0.2, 0.25) is 10.0 Å². The smallest absolute Gasteiger partial charge is 0.0803 e. The Kier molecular flexibility index (Phi) is 7.32. The van der Waals surface area contributed by atoms with E-state index >= 15 is 0 Å². The van der Waals surface area contributed by atoms with Crippen molar-refractivity contribution in [3.8, 4) is 0 Å². The first-order chi connectivity index (χ1) is 9.46. The van der Waals surface area contributed by atoms with Crippen molar-refractivity contribution in [3.63, 3.8) is 0 Å². The van der Waals surface area contributed by atoms with E-state index < -0.39 is 0 Å². The summed E-state index contributed by atoms with van der Waals surface area (Å²) < 4.78 is 5.75. The van der Waals surface area contributed by atoms with Crippen LogP contribution in [-0.2, 0) is 11.2 Å². The predicted molar refractivity (Wildman–Crippen MR) is 88.0 cm³/mol. The van der Waals surface area contributed by atoms with Gasteiger partial charge in [-0.15, -0.1) is 0 Å². The van der Waals surface area contributed by atoms with Gasteiger partial charge in [-0.25, -0.2) is 0 Å². The summed E-state index contributed by atoms with van der Waals surface area (Å²) in [5, 5.41) is 5.05. The van der Waals surface area contributed by atoms with Gasteiger partial charge in [0.05, 0.1) is 5.60 Å². The minimum atomic E-state index is -0.221. The first-order valence-corrected chi connectivity index (χ1v) is 7.94. The molecule has 0 amide bonds. The van der Waals surface area contributed by atoms with Crippen molar-refractivity contribution in [2.45, 2.75) is 51.7 Å². The SMILES string of the molecule is CCCNC(Cc1cc(Cl)ccc1Cl)C(C)(CC)OC. The summed E-state index contributed by atoms with van der Waals surface area (Å²) in [7, 11) is 1.77. The zero-order valence-corrected chi connectivity index (χ0v) is 14.3. The highest BCUT2D eigenvalue weighted by Crippen LogP contribution is 2.27. The largest absolute Gasteiger partial charge is 0.377 e. The molecule has 0 aromatic heterocycles. The predicted octanol–water partition coefficient (Wildman–Crippen LogP) is 4.72. The van der Waals surface area contributed by atoms with Gasteiger partial charge in [-0.05, 0) is 56.5 Å². The third-order valence-corrected chi connectivity index (χ3v) is 4.58. The van der Waals surface area contributed by atoms with Gasteiger partial charge < -0.3 is 10.1 Å². The maximum absolute atomic E-state index is 6.28. The van der Waals surface area contributed by atoms with Crippen LogP contribution in [0, 0.1) is 0 Å². The van der Waals surface area contributed by atoms with Gasteiger partial charge in [0.1, 0.15) is 0 Å². The molecule has 2 unspecified atom stereocenters. The van der Waals surface area contributed by atoms with Crippen LogP contribution >= 0.6 is 23.2 Å². The fraction of sp³-hybridized carbons (Fsp3) is 0.625. The van der Waals surface area contributed by atoms with Gasteiger partial charge in [0, 0.05) is 23.2 Å². The van der Waals surface area contributed by atoms with Gasteiger partial charge in [-0.1, -0.05) is 37.0 Å². The Morgan fingerprint density at radius 1 is 1.30 bits per heavy atom. The number of methoxy groups -OCH3 is 1. The molecule has 1 rings (SSSR count). The second-order valence-corrected chi connectivity index (χ2v) is 6.16.